The van der Waals surface area contributed by atoms with E-state index < -0.39 is 6.10 Å². The number of hydrogen-bond acceptors (Lipinski definition) is 3. The number of para-hydroxylation sites is 1. The molecule has 3 nitrogen and oxygen atoms in total. The lowest BCUT2D eigenvalue weighted by atomic mass is 10.1. The lowest BCUT2D eigenvalue weighted by Crippen LogP contribution is -2.20. The lowest BCUT2D eigenvalue weighted by molar-refractivity contribution is 0.199. The van der Waals surface area contributed by atoms with Gasteiger partial charge in [0, 0.05) is 31.5 Å². The molecule has 1 aromatic carbocycles. The number of unbranched alkanes of at least 4 members (excludes halogenated alkanes) is 2. The molecule has 0 spiro atoms. The molecule has 0 bridgehead atoms. The lowest BCUT2D eigenvalue weighted by Gasteiger charge is -2.23. The fourth-order valence-corrected chi connectivity index (χ4v) is 1.95. The van der Waals surface area contributed by atoms with Crippen LogP contribution in [0, 0.1) is 0 Å². The van der Waals surface area contributed by atoms with Gasteiger partial charge in [-0.25, -0.2) is 0 Å². The van der Waals surface area contributed by atoms with Crippen molar-refractivity contribution >= 4 is 5.69 Å². The fourth-order valence-electron chi connectivity index (χ4n) is 1.95. The summed E-state index contributed by atoms with van der Waals surface area (Å²) in [4.78, 5) is 2.17. The molecule has 96 valence electrons. The van der Waals surface area contributed by atoms with E-state index in [9.17, 15) is 5.11 Å². The topological polar surface area (TPSA) is 43.7 Å². The van der Waals surface area contributed by atoms with E-state index in [1.54, 1.807) is 6.92 Å². The van der Waals surface area contributed by atoms with Gasteiger partial charge in [0.15, 0.2) is 0 Å². The van der Waals surface area contributed by atoms with Gasteiger partial charge in [0.2, 0.25) is 0 Å². The summed E-state index contributed by atoms with van der Waals surface area (Å²) in [5.74, 6) is 0. The second-order valence-corrected chi connectivity index (χ2v) is 4.44. The summed E-state index contributed by atoms with van der Waals surface area (Å²) in [6.45, 7) is 3.01. The van der Waals surface area contributed by atoms with Crippen molar-refractivity contribution in [2.45, 2.75) is 32.3 Å². The number of benzene rings is 1. The van der Waals surface area contributed by atoms with Crippen molar-refractivity contribution in [2.24, 2.45) is 0 Å². The Morgan fingerprint density at radius 1 is 1.18 bits per heavy atom. The second kappa shape index (κ2) is 7.30. The summed E-state index contributed by atoms with van der Waals surface area (Å²) in [7, 11) is 2.04. The monoisotopic (exact) mass is 237 g/mol. The summed E-state index contributed by atoms with van der Waals surface area (Å²) < 4.78 is 0. The summed E-state index contributed by atoms with van der Waals surface area (Å²) in [5, 5.41) is 18.4. The first kappa shape index (κ1) is 14.0. The molecule has 0 aliphatic heterocycles. The third kappa shape index (κ3) is 4.36. The van der Waals surface area contributed by atoms with Crippen LogP contribution >= 0.6 is 0 Å². The summed E-state index contributed by atoms with van der Waals surface area (Å²) >= 11 is 0. The molecule has 0 saturated heterocycles. The third-order valence-corrected chi connectivity index (χ3v) is 2.95. The highest BCUT2D eigenvalue weighted by Gasteiger charge is 2.10. The quantitative estimate of drug-likeness (QED) is 0.715. The number of anilines is 1. The molecule has 0 aromatic heterocycles. The Balaban J connectivity index is 2.58. The molecule has 3 heteroatoms. The molecular formula is C14H23NO2. The molecule has 0 amide bonds. The number of aliphatic hydroxyl groups is 2. The molecule has 0 fully saturated rings. The van der Waals surface area contributed by atoms with E-state index in [0.29, 0.717) is 0 Å². The Kier molecular flexibility index (Phi) is 6.01. The Hall–Kier alpha value is -1.06. The van der Waals surface area contributed by atoms with E-state index in [4.69, 9.17) is 5.11 Å². The third-order valence-electron chi connectivity index (χ3n) is 2.95. The van der Waals surface area contributed by atoms with Gasteiger partial charge in [-0.05, 0) is 32.3 Å². The minimum Gasteiger partial charge on any atom is -0.396 e. The first-order valence-corrected chi connectivity index (χ1v) is 6.25. The molecule has 0 unspecified atom stereocenters. The second-order valence-electron chi connectivity index (χ2n) is 4.44. The highest BCUT2D eigenvalue weighted by atomic mass is 16.3. The van der Waals surface area contributed by atoms with Gasteiger partial charge in [-0.3, -0.25) is 0 Å². The molecular weight excluding hydrogens is 214 g/mol. The zero-order chi connectivity index (χ0) is 12.7. The van der Waals surface area contributed by atoms with Gasteiger partial charge in [0.25, 0.3) is 0 Å². The average molecular weight is 237 g/mol. The Labute approximate surface area is 104 Å². The van der Waals surface area contributed by atoms with Crippen LogP contribution < -0.4 is 4.90 Å². The molecule has 0 aliphatic rings. The molecule has 0 aliphatic carbocycles. The summed E-state index contributed by atoms with van der Waals surface area (Å²) in [6, 6.07) is 7.94. The zero-order valence-electron chi connectivity index (χ0n) is 10.8. The van der Waals surface area contributed by atoms with Crippen molar-refractivity contribution in [3.8, 4) is 0 Å². The molecule has 1 aromatic rings. The maximum Gasteiger partial charge on any atom is 0.0781 e. The molecule has 17 heavy (non-hydrogen) atoms. The van der Waals surface area contributed by atoms with Gasteiger partial charge in [0.05, 0.1) is 6.10 Å². The van der Waals surface area contributed by atoms with E-state index >= 15 is 0 Å². The number of hydrogen-bond donors (Lipinski definition) is 2. The largest absolute Gasteiger partial charge is 0.396 e. The minimum atomic E-state index is -0.439. The van der Waals surface area contributed by atoms with Gasteiger partial charge in [0.1, 0.15) is 0 Å². The van der Waals surface area contributed by atoms with Crippen molar-refractivity contribution < 1.29 is 10.2 Å². The van der Waals surface area contributed by atoms with Crippen molar-refractivity contribution in [3.05, 3.63) is 29.8 Å². The molecule has 0 radical (unpaired) electrons. The van der Waals surface area contributed by atoms with E-state index in [1.165, 1.54) is 0 Å². The van der Waals surface area contributed by atoms with E-state index in [0.717, 1.165) is 37.1 Å². The first-order valence-electron chi connectivity index (χ1n) is 6.25. The van der Waals surface area contributed by atoms with Crippen LogP contribution in [0.15, 0.2) is 24.3 Å². The van der Waals surface area contributed by atoms with E-state index in [2.05, 4.69) is 4.90 Å². The normalized spacial score (nSPS) is 12.5. The van der Waals surface area contributed by atoms with Gasteiger partial charge in [-0.15, -0.1) is 0 Å². The number of aliphatic hydroxyl groups excluding tert-OH is 2. The van der Waals surface area contributed by atoms with Crippen molar-refractivity contribution in [1.82, 2.24) is 0 Å². The van der Waals surface area contributed by atoms with Gasteiger partial charge < -0.3 is 15.1 Å². The van der Waals surface area contributed by atoms with E-state index in [1.807, 2.05) is 31.3 Å². The summed E-state index contributed by atoms with van der Waals surface area (Å²) in [5.41, 5.74) is 2.06. The van der Waals surface area contributed by atoms with Crippen molar-refractivity contribution in [1.29, 1.82) is 0 Å². The molecule has 1 rings (SSSR count). The maximum atomic E-state index is 9.70. The smallest absolute Gasteiger partial charge is 0.0781 e. The molecule has 0 saturated carbocycles. The van der Waals surface area contributed by atoms with Crippen LogP contribution in [0.1, 0.15) is 37.9 Å². The Morgan fingerprint density at radius 3 is 2.53 bits per heavy atom. The van der Waals surface area contributed by atoms with Crippen molar-refractivity contribution in [3.63, 3.8) is 0 Å². The number of nitrogens with zero attached hydrogens (tertiary/aromatic N) is 1. The SMILES string of the molecule is C[C@H](O)c1ccccc1N(C)CCCCCO. The Bertz CT molecular complexity index is 326. The minimum absolute atomic E-state index is 0.272. The van der Waals surface area contributed by atoms with Crippen LogP contribution in [-0.4, -0.2) is 30.4 Å². The van der Waals surface area contributed by atoms with Gasteiger partial charge >= 0.3 is 0 Å². The van der Waals surface area contributed by atoms with Gasteiger partial charge in [-0.1, -0.05) is 18.2 Å². The average Bonchev–Trinajstić information content (AvgIpc) is 2.34. The van der Waals surface area contributed by atoms with Crippen LogP contribution in [0.4, 0.5) is 5.69 Å². The predicted molar refractivity (Wildman–Crippen MR) is 71.3 cm³/mol. The van der Waals surface area contributed by atoms with Crippen LogP contribution in [0.2, 0.25) is 0 Å². The van der Waals surface area contributed by atoms with Crippen LogP contribution in [0.25, 0.3) is 0 Å². The predicted octanol–water partition coefficient (Wildman–Crippen LogP) is 2.34. The van der Waals surface area contributed by atoms with Crippen LogP contribution in [-0.2, 0) is 0 Å². The fraction of sp³-hybridized carbons (Fsp3) is 0.571. The van der Waals surface area contributed by atoms with Gasteiger partial charge in [-0.2, -0.15) is 0 Å². The molecule has 2 N–H and O–H groups in total. The highest BCUT2D eigenvalue weighted by Crippen LogP contribution is 2.25. The van der Waals surface area contributed by atoms with E-state index in [-0.39, 0.29) is 6.61 Å². The summed E-state index contributed by atoms with van der Waals surface area (Å²) in [6.07, 6.45) is 2.53. The standard InChI is InChI=1S/C14H23NO2/c1-12(17)13-8-4-5-9-14(13)15(2)10-6-3-7-11-16/h4-5,8-9,12,16-17H,3,6-7,10-11H2,1-2H3/t12-/m0/s1. The Morgan fingerprint density at radius 2 is 1.88 bits per heavy atom. The van der Waals surface area contributed by atoms with Crippen LogP contribution in [0.3, 0.4) is 0 Å². The molecule has 1 atom stereocenters. The number of rotatable bonds is 7. The first-order chi connectivity index (χ1) is 8.16. The zero-order valence-corrected chi connectivity index (χ0v) is 10.8. The maximum absolute atomic E-state index is 9.70. The van der Waals surface area contributed by atoms with Crippen LogP contribution in [0.5, 0.6) is 0 Å². The molecule has 0 heterocycles. The van der Waals surface area contributed by atoms with Crippen molar-refractivity contribution in [2.75, 3.05) is 25.1 Å². The highest BCUT2D eigenvalue weighted by molar-refractivity contribution is 5.53.